The Hall–Kier alpha value is -2.74. The Morgan fingerprint density at radius 1 is 0.594 bits per heavy atom. The fourth-order valence-corrected chi connectivity index (χ4v) is 2.76. The number of aryl methyl sites for hydroxylation is 1. The maximum atomic E-state index is 9.38. The van der Waals surface area contributed by atoms with Gasteiger partial charge in [0.15, 0.2) is 0 Å². The summed E-state index contributed by atoms with van der Waals surface area (Å²) in [5, 5.41) is 18.2. The number of phenolic OH excluding ortho intramolecular Hbond substituents is 2. The van der Waals surface area contributed by atoms with Crippen molar-refractivity contribution in [2.45, 2.75) is 81.6 Å². The van der Waals surface area contributed by atoms with Crippen LogP contribution in [0.15, 0.2) is 66.7 Å². The van der Waals surface area contributed by atoms with Gasteiger partial charge in [-0.25, -0.2) is 0 Å². The minimum absolute atomic E-state index is 0.338. The highest BCUT2D eigenvalue weighted by molar-refractivity contribution is 5.77. The topological polar surface area (TPSA) is 40.5 Å². The number of benzene rings is 3. The minimum atomic E-state index is 0.338. The molecule has 0 amide bonds. The van der Waals surface area contributed by atoms with Crippen molar-refractivity contribution in [2.75, 3.05) is 0 Å². The minimum Gasteiger partial charge on any atom is -0.508 e. The smallest absolute Gasteiger partial charge is 0.115 e. The number of aromatic hydroxyl groups is 2. The molecule has 0 aliphatic heterocycles. The SMILES string of the molecule is CC.CC.CCC.CCC.Cc1cccc(O)c1.Oc1ccc2c(c1)Cc1ccccc1-2. The normalized spacial score (nSPS) is 9.16. The van der Waals surface area contributed by atoms with Gasteiger partial charge in [0.1, 0.15) is 11.5 Å². The van der Waals surface area contributed by atoms with Crippen LogP contribution in [-0.4, -0.2) is 10.2 Å². The van der Waals surface area contributed by atoms with Crippen LogP contribution in [-0.2, 0) is 6.42 Å². The van der Waals surface area contributed by atoms with E-state index in [2.05, 4.69) is 52.0 Å². The third kappa shape index (κ3) is 12.2. The van der Waals surface area contributed by atoms with E-state index < -0.39 is 0 Å². The summed E-state index contributed by atoms with van der Waals surface area (Å²) < 4.78 is 0. The highest BCUT2D eigenvalue weighted by Crippen LogP contribution is 2.37. The summed E-state index contributed by atoms with van der Waals surface area (Å²) in [7, 11) is 0. The Morgan fingerprint density at radius 2 is 1.09 bits per heavy atom. The van der Waals surface area contributed by atoms with Crippen LogP contribution in [0, 0.1) is 6.92 Å². The van der Waals surface area contributed by atoms with Gasteiger partial charge < -0.3 is 10.2 Å². The van der Waals surface area contributed by atoms with Crippen LogP contribution in [0.25, 0.3) is 11.1 Å². The van der Waals surface area contributed by atoms with Crippen LogP contribution >= 0.6 is 0 Å². The Morgan fingerprint density at radius 3 is 1.59 bits per heavy atom. The van der Waals surface area contributed by atoms with E-state index in [4.69, 9.17) is 5.11 Å². The predicted molar refractivity (Wildman–Crippen MR) is 144 cm³/mol. The van der Waals surface area contributed by atoms with E-state index in [0.717, 1.165) is 12.0 Å². The van der Waals surface area contributed by atoms with Gasteiger partial charge in [-0.1, -0.05) is 111 Å². The van der Waals surface area contributed by atoms with Gasteiger partial charge in [0.2, 0.25) is 0 Å². The number of hydrogen-bond donors (Lipinski definition) is 2. The second-order valence-electron chi connectivity index (χ2n) is 6.93. The van der Waals surface area contributed by atoms with Crippen LogP contribution in [0.2, 0.25) is 0 Å². The van der Waals surface area contributed by atoms with Crippen LogP contribution in [0.3, 0.4) is 0 Å². The molecule has 1 aliphatic rings. The molecule has 3 aromatic carbocycles. The van der Waals surface area contributed by atoms with E-state index in [0.29, 0.717) is 11.5 Å². The van der Waals surface area contributed by atoms with Gasteiger partial charge >= 0.3 is 0 Å². The average Bonchev–Trinajstić information content (AvgIpc) is 3.15. The van der Waals surface area contributed by atoms with Crippen LogP contribution in [0.4, 0.5) is 0 Å². The van der Waals surface area contributed by atoms with Gasteiger partial charge in [-0.15, -0.1) is 0 Å². The van der Waals surface area contributed by atoms with E-state index in [9.17, 15) is 5.11 Å². The molecular formula is C30H46O2. The fourth-order valence-electron chi connectivity index (χ4n) is 2.76. The molecule has 0 fully saturated rings. The van der Waals surface area contributed by atoms with Crippen LogP contribution in [0.1, 0.15) is 84.9 Å². The summed E-state index contributed by atoms with van der Waals surface area (Å²) in [6.07, 6.45) is 3.44. The van der Waals surface area contributed by atoms with Crippen molar-refractivity contribution in [2.24, 2.45) is 0 Å². The van der Waals surface area contributed by atoms with Gasteiger partial charge in [-0.2, -0.15) is 0 Å². The summed E-state index contributed by atoms with van der Waals surface area (Å²) >= 11 is 0. The molecule has 0 unspecified atom stereocenters. The quantitative estimate of drug-likeness (QED) is 0.287. The van der Waals surface area contributed by atoms with Crippen molar-refractivity contribution >= 4 is 0 Å². The summed E-state index contributed by atoms with van der Waals surface area (Å²) in [4.78, 5) is 0. The molecule has 2 heteroatoms. The van der Waals surface area contributed by atoms with E-state index in [1.54, 1.807) is 18.2 Å². The second-order valence-corrected chi connectivity index (χ2v) is 6.93. The molecule has 178 valence electrons. The number of rotatable bonds is 0. The molecular weight excluding hydrogens is 392 g/mol. The molecule has 4 rings (SSSR count). The van der Waals surface area contributed by atoms with Crippen molar-refractivity contribution in [3.05, 3.63) is 83.4 Å². The van der Waals surface area contributed by atoms with Crippen molar-refractivity contribution in [1.82, 2.24) is 0 Å². The Labute approximate surface area is 198 Å². The van der Waals surface area contributed by atoms with Crippen molar-refractivity contribution in [1.29, 1.82) is 0 Å². The van der Waals surface area contributed by atoms with Crippen LogP contribution in [0.5, 0.6) is 11.5 Å². The predicted octanol–water partition coefficient (Wildman–Crippen LogP) is 9.55. The summed E-state index contributed by atoms with van der Waals surface area (Å²) in [6.45, 7) is 18.4. The lowest BCUT2D eigenvalue weighted by Crippen LogP contribution is -1.78. The summed E-state index contributed by atoms with van der Waals surface area (Å²) in [5.41, 5.74) is 6.24. The zero-order chi connectivity index (χ0) is 24.9. The molecule has 0 bridgehead atoms. The number of phenols is 2. The van der Waals surface area contributed by atoms with Gasteiger partial charge in [0, 0.05) is 0 Å². The molecule has 0 heterocycles. The second kappa shape index (κ2) is 20.2. The zero-order valence-electron chi connectivity index (χ0n) is 21.9. The van der Waals surface area contributed by atoms with Gasteiger partial charge in [-0.3, -0.25) is 0 Å². The maximum Gasteiger partial charge on any atom is 0.115 e. The molecule has 1 aliphatic carbocycles. The van der Waals surface area contributed by atoms with Gasteiger partial charge in [0.25, 0.3) is 0 Å². The molecule has 0 aromatic heterocycles. The molecule has 32 heavy (non-hydrogen) atoms. The molecule has 0 radical (unpaired) electrons. The molecule has 3 aromatic rings. The lowest BCUT2D eigenvalue weighted by molar-refractivity contribution is 0.474. The van der Waals surface area contributed by atoms with Crippen LogP contribution < -0.4 is 0 Å². The number of fused-ring (bicyclic) bond motifs is 3. The Kier molecular flexibility index (Phi) is 19.8. The van der Waals surface area contributed by atoms with Gasteiger partial charge in [-0.05, 0) is 65.4 Å². The maximum absolute atomic E-state index is 9.38. The Bertz CT molecular complexity index is 818. The van der Waals surface area contributed by atoms with Crippen molar-refractivity contribution in [3.8, 4) is 22.6 Å². The first-order valence-corrected chi connectivity index (χ1v) is 12.1. The van der Waals surface area contributed by atoms with E-state index in [1.807, 2.05) is 58.9 Å². The first-order valence-electron chi connectivity index (χ1n) is 12.1. The van der Waals surface area contributed by atoms with Crippen molar-refractivity contribution in [3.63, 3.8) is 0 Å². The molecule has 0 saturated carbocycles. The molecule has 0 atom stereocenters. The van der Waals surface area contributed by atoms with Gasteiger partial charge in [0.05, 0.1) is 0 Å². The monoisotopic (exact) mass is 438 g/mol. The third-order valence-corrected chi connectivity index (χ3v) is 3.78. The molecule has 0 spiro atoms. The largest absolute Gasteiger partial charge is 0.508 e. The van der Waals surface area contributed by atoms with E-state index in [-0.39, 0.29) is 0 Å². The highest BCUT2D eigenvalue weighted by atomic mass is 16.3. The molecule has 0 saturated heterocycles. The number of hydrogen-bond acceptors (Lipinski definition) is 2. The third-order valence-electron chi connectivity index (χ3n) is 3.78. The lowest BCUT2D eigenvalue weighted by Gasteiger charge is -1.99. The summed E-state index contributed by atoms with van der Waals surface area (Å²) in [5.74, 6) is 0.696. The first kappa shape index (κ1) is 31.4. The van der Waals surface area contributed by atoms with E-state index >= 15 is 0 Å². The lowest BCUT2D eigenvalue weighted by atomic mass is 10.1. The average molecular weight is 439 g/mol. The summed E-state index contributed by atoms with van der Waals surface area (Å²) in [6, 6.07) is 21.2. The first-order chi connectivity index (χ1) is 15.5. The highest BCUT2D eigenvalue weighted by Gasteiger charge is 2.17. The fraction of sp³-hybridized carbons (Fsp3) is 0.400. The molecule has 2 nitrogen and oxygen atoms in total. The zero-order valence-corrected chi connectivity index (χ0v) is 21.9. The van der Waals surface area contributed by atoms with E-state index in [1.165, 1.54) is 35.1 Å². The standard InChI is InChI=1S/C13H10O.C7H8O.2C3H8.2C2H6/c14-11-5-6-13-10(8-11)7-9-3-1-2-4-12(9)13;1-6-3-2-4-7(8)5-6;2*1-3-2;2*1-2/h1-6,8,14H,7H2;2-5,8H,1H3;2*3H2,1-2H3;2*1-2H3. The van der Waals surface area contributed by atoms with Crippen molar-refractivity contribution < 1.29 is 10.2 Å². The Balaban J connectivity index is 0. The molecule has 2 N–H and O–H groups in total.